The van der Waals surface area contributed by atoms with Crippen molar-refractivity contribution in [3.05, 3.63) is 11.9 Å². The predicted molar refractivity (Wildman–Crippen MR) is 32.3 cm³/mol. The van der Waals surface area contributed by atoms with Gasteiger partial charge in [-0.1, -0.05) is 0 Å². The first kappa shape index (κ1) is 4.24. The van der Waals surface area contributed by atoms with Gasteiger partial charge in [0.1, 0.15) is 0 Å². The Labute approximate surface area is 49.2 Å². The zero-order chi connectivity index (χ0) is 5.56. The van der Waals surface area contributed by atoms with E-state index in [1.54, 1.807) is 0 Å². The highest BCUT2D eigenvalue weighted by molar-refractivity contribution is 5.20. The van der Waals surface area contributed by atoms with Crippen LogP contribution in [0.25, 0.3) is 0 Å². The summed E-state index contributed by atoms with van der Waals surface area (Å²) in [5.74, 6) is 0. The molecule has 2 aliphatic rings. The molecule has 0 bridgehead atoms. The maximum atomic E-state index is 3.27. The summed E-state index contributed by atoms with van der Waals surface area (Å²) in [6.45, 7) is 4.61. The lowest BCUT2D eigenvalue weighted by atomic mass is 10.3. The lowest BCUT2D eigenvalue weighted by Crippen LogP contribution is -2.31. The summed E-state index contributed by atoms with van der Waals surface area (Å²) >= 11 is 0. The van der Waals surface area contributed by atoms with E-state index < -0.39 is 0 Å². The van der Waals surface area contributed by atoms with E-state index in [0.717, 1.165) is 0 Å². The number of hydrogen-bond acceptors (Lipinski definition) is 2. The second kappa shape index (κ2) is 1.19. The lowest BCUT2D eigenvalue weighted by molar-refractivity contribution is 0.463. The summed E-state index contributed by atoms with van der Waals surface area (Å²) in [5, 5.41) is 3.27. The minimum Gasteiger partial charge on any atom is -0.385 e. The molecular weight excluding hydrogens is 100 g/mol. The van der Waals surface area contributed by atoms with Crippen molar-refractivity contribution in [2.45, 2.75) is 13.0 Å². The van der Waals surface area contributed by atoms with Crippen LogP contribution in [0.1, 0.15) is 6.92 Å². The molecule has 2 heteroatoms. The Kier molecular flexibility index (Phi) is 0.629. The fraction of sp³-hybridized carbons (Fsp3) is 0.667. The first-order chi connectivity index (χ1) is 3.86. The monoisotopic (exact) mass is 110 g/mol. The Morgan fingerprint density at radius 3 is 3.38 bits per heavy atom. The van der Waals surface area contributed by atoms with Crippen molar-refractivity contribution in [2.75, 3.05) is 13.1 Å². The molecule has 1 atom stereocenters. The Morgan fingerprint density at radius 2 is 2.75 bits per heavy atom. The maximum absolute atomic E-state index is 3.27. The lowest BCUT2D eigenvalue weighted by Gasteiger charge is -2.15. The van der Waals surface area contributed by atoms with Crippen LogP contribution in [0.5, 0.6) is 0 Å². The smallest absolute Gasteiger partial charge is 0.0592 e. The third-order valence-electron chi connectivity index (χ3n) is 1.68. The van der Waals surface area contributed by atoms with Gasteiger partial charge in [-0.05, 0) is 6.92 Å². The summed E-state index contributed by atoms with van der Waals surface area (Å²) < 4.78 is 0. The summed E-state index contributed by atoms with van der Waals surface area (Å²) in [6.07, 6.45) is 2.12. The highest BCUT2D eigenvalue weighted by Crippen LogP contribution is 2.23. The molecule has 0 amide bonds. The average molecular weight is 110 g/mol. The Balaban J connectivity index is 2.11. The third kappa shape index (κ3) is 0.489. The first-order valence-corrected chi connectivity index (χ1v) is 3.06. The molecule has 1 unspecified atom stereocenters. The average Bonchev–Trinajstić information content (AvgIpc) is 2.43. The number of nitrogens with zero attached hydrogens (tertiary/aromatic N) is 1. The summed E-state index contributed by atoms with van der Waals surface area (Å²) in [6, 6.07) is 0.654. The van der Waals surface area contributed by atoms with Crippen molar-refractivity contribution in [1.29, 1.82) is 0 Å². The van der Waals surface area contributed by atoms with Crippen LogP contribution in [-0.4, -0.2) is 24.0 Å². The minimum absolute atomic E-state index is 0.654. The minimum atomic E-state index is 0.654. The molecule has 2 nitrogen and oxygen atoms in total. The van der Waals surface area contributed by atoms with Gasteiger partial charge in [0.2, 0.25) is 0 Å². The van der Waals surface area contributed by atoms with Crippen LogP contribution in [0.4, 0.5) is 0 Å². The van der Waals surface area contributed by atoms with Gasteiger partial charge in [0.25, 0.3) is 0 Å². The van der Waals surface area contributed by atoms with Gasteiger partial charge in [0.15, 0.2) is 0 Å². The van der Waals surface area contributed by atoms with Crippen LogP contribution < -0.4 is 5.32 Å². The molecule has 2 rings (SSSR count). The van der Waals surface area contributed by atoms with E-state index in [1.807, 2.05) is 0 Å². The molecule has 0 aromatic rings. The van der Waals surface area contributed by atoms with Crippen LogP contribution in [0.2, 0.25) is 0 Å². The molecular formula is C6H10N2. The van der Waals surface area contributed by atoms with Crippen LogP contribution in [-0.2, 0) is 0 Å². The normalized spacial score (nSPS) is 32.9. The highest BCUT2D eigenvalue weighted by atomic mass is 15.3. The maximum Gasteiger partial charge on any atom is 0.0592 e. The molecule has 2 heterocycles. The van der Waals surface area contributed by atoms with E-state index in [4.69, 9.17) is 0 Å². The number of fused-ring (bicyclic) bond motifs is 1. The van der Waals surface area contributed by atoms with Crippen LogP contribution in [0.15, 0.2) is 11.9 Å². The SMILES string of the molecule is CC1CN2CC2=CN1. The highest BCUT2D eigenvalue weighted by Gasteiger charge is 2.29. The van der Waals surface area contributed by atoms with Crippen molar-refractivity contribution in [1.82, 2.24) is 10.2 Å². The van der Waals surface area contributed by atoms with Gasteiger partial charge in [-0.3, -0.25) is 0 Å². The van der Waals surface area contributed by atoms with Crippen molar-refractivity contribution in [2.24, 2.45) is 0 Å². The molecule has 44 valence electrons. The van der Waals surface area contributed by atoms with Gasteiger partial charge >= 0.3 is 0 Å². The van der Waals surface area contributed by atoms with Gasteiger partial charge in [-0.2, -0.15) is 0 Å². The molecule has 0 spiro atoms. The van der Waals surface area contributed by atoms with Gasteiger partial charge in [-0.25, -0.2) is 0 Å². The molecule has 8 heavy (non-hydrogen) atoms. The van der Waals surface area contributed by atoms with Crippen LogP contribution >= 0.6 is 0 Å². The molecule has 1 N–H and O–H groups in total. The topological polar surface area (TPSA) is 15.0 Å². The number of hydrogen-bond donors (Lipinski definition) is 1. The molecule has 2 aliphatic heterocycles. The van der Waals surface area contributed by atoms with E-state index in [1.165, 1.54) is 18.8 Å². The van der Waals surface area contributed by atoms with E-state index in [0.29, 0.717) is 6.04 Å². The molecule has 0 saturated carbocycles. The number of nitrogens with one attached hydrogen (secondary N) is 1. The van der Waals surface area contributed by atoms with Crippen LogP contribution in [0, 0.1) is 0 Å². The van der Waals surface area contributed by atoms with Gasteiger partial charge in [0.05, 0.1) is 6.54 Å². The van der Waals surface area contributed by atoms with Gasteiger partial charge in [0, 0.05) is 24.5 Å². The Morgan fingerprint density at radius 1 is 1.88 bits per heavy atom. The summed E-state index contributed by atoms with van der Waals surface area (Å²) in [7, 11) is 0. The molecule has 0 aromatic carbocycles. The second-order valence-electron chi connectivity index (χ2n) is 2.58. The Bertz CT molecular complexity index is 139. The van der Waals surface area contributed by atoms with Gasteiger partial charge < -0.3 is 10.2 Å². The Hall–Kier alpha value is -0.660. The largest absolute Gasteiger partial charge is 0.385 e. The summed E-state index contributed by atoms with van der Waals surface area (Å²) in [4.78, 5) is 2.38. The molecule has 0 aliphatic carbocycles. The van der Waals surface area contributed by atoms with Crippen LogP contribution in [0.3, 0.4) is 0 Å². The quantitative estimate of drug-likeness (QED) is 0.446. The van der Waals surface area contributed by atoms with Crippen molar-refractivity contribution < 1.29 is 0 Å². The predicted octanol–water partition coefficient (Wildman–Crippen LogP) is 0.135. The number of rotatable bonds is 0. The fourth-order valence-corrected chi connectivity index (χ4v) is 1.10. The van der Waals surface area contributed by atoms with Crippen molar-refractivity contribution in [3.8, 4) is 0 Å². The van der Waals surface area contributed by atoms with E-state index in [-0.39, 0.29) is 0 Å². The third-order valence-corrected chi connectivity index (χ3v) is 1.68. The van der Waals surface area contributed by atoms with E-state index in [2.05, 4.69) is 23.3 Å². The fourth-order valence-electron chi connectivity index (χ4n) is 1.10. The molecule has 1 fully saturated rings. The van der Waals surface area contributed by atoms with E-state index in [9.17, 15) is 0 Å². The summed E-state index contributed by atoms with van der Waals surface area (Å²) in [5.41, 5.74) is 1.48. The van der Waals surface area contributed by atoms with Crippen molar-refractivity contribution in [3.63, 3.8) is 0 Å². The van der Waals surface area contributed by atoms with Gasteiger partial charge in [-0.15, -0.1) is 0 Å². The molecule has 1 saturated heterocycles. The zero-order valence-corrected chi connectivity index (χ0v) is 5.02. The molecule has 0 radical (unpaired) electrons. The standard InChI is InChI=1S/C6H10N2/c1-5-3-8-4-6(8)2-7-5/h2,5,7H,3-4H2,1H3. The second-order valence-corrected chi connectivity index (χ2v) is 2.58. The zero-order valence-electron chi connectivity index (χ0n) is 5.02. The van der Waals surface area contributed by atoms with Crippen molar-refractivity contribution >= 4 is 0 Å². The van der Waals surface area contributed by atoms with E-state index >= 15 is 0 Å². The molecule has 0 aromatic heterocycles. The first-order valence-electron chi connectivity index (χ1n) is 3.06.